The van der Waals surface area contributed by atoms with Crippen molar-refractivity contribution in [3.63, 3.8) is 0 Å². The van der Waals surface area contributed by atoms with Gasteiger partial charge in [-0.05, 0) is 60.9 Å². The summed E-state index contributed by atoms with van der Waals surface area (Å²) in [4.78, 5) is 28.1. The Balaban J connectivity index is 1.70. The maximum Gasteiger partial charge on any atom is 0.295 e. The molecule has 1 saturated heterocycles. The smallest absolute Gasteiger partial charge is 0.295 e. The third-order valence-electron chi connectivity index (χ3n) is 6.55. The quantitative estimate of drug-likeness (QED) is 0.156. The molecule has 1 amide bonds. The number of Topliss-reactive ketones (excluding diaryl/α,β-unsaturated/α-hetero) is 1. The van der Waals surface area contributed by atoms with Crippen LogP contribution in [0.1, 0.15) is 54.5 Å². The van der Waals surface area contributed by atoms with Gasteiger partial charge in [-0.1, -0.05) is 61.7 Å². The van der Waals surface area contributed by atoms with Crippen molar-refractivity contribution < 1.29 is 24.2 Å². The molecule has 0 spiro atoms. The van der Waals surface area contributed by atoms with Gasteiger partial charge < -0.3 is 19.5 Å². The van der Waals surface area contributed by atoms with Gasteiger partial charge in [0.1, 0.15) is 17.3 Å². The van der Waals surface area contributed by atoms with Crippen LogP contribution in [0.4, 0.5) is 0 Å². The number of aliphatic hydroxyl groups is 1. The Morgan fingerprint density at radius 2 is 1.65 bits per heavy atom. The molecule has 1 heterocycles. The van der Waals surface area contributed by atoms with Gasteiger partial charge in [-0.3, -0.25) is 9.59 Å². The van der Waals surface area contributed by atoms with Gasteiger partial charge in [-0.2, -0.15) is 0 Å². The molecule has 1 aliphatic rings. The van der Waals surface area contributed by atoms with Gasteiger partial charge >= 0.3 is 0 Å². The van der Waals surface area contributed by atoms with Crippen LogP contribution in [0, 0.1) is 6.92 Å². The average Bonchev–Trinajstić information content (AvgIpc) is 3.16. The van der Waals surface area contributed by atoms with Gasteiger partial charge in [0, 0.05) is 12.1 Å². The number of aliphatic hydroxyl groups excluding tert-OH is 1. The number of likely N-dealkylation sites (tertiary alicyclic amines) is 1. The Hall–Kier alpha value is -4.06. The Labute approximate surface area is 218 Å². The molecular weight excluding hydrogens is 466 g/mol. The number of hydrogen-bond donors (Lipinski definition) is 1. The van der Waals surface area contributed by atoms with Crippen LogP contribution >= 0.6 is 0 Å². The van der Waals surface area contributed by atoms with Crippen molar-refractivity contribution in [3.8, 4) is 11.5 Å². The summed E-state index contributed by atoms with van der Waals surface area (Å²) in [5, 5.41) is 11.3. The first kappa shape index (κ1) is 26.0. The average molecular weight is 500 g/mol. The zero-order valence-corrected chi connectivity index (χ0v) is 21.6. The lowest BCUT2D eigenvalue weighted by Gasteiger charge is -2.26. The second-order valence-electron chi connectivity index (χ2n) is 9.27. The largest absolute Gasteiger partial charge is 0.507 e. The molecule has 6 heteroatoms. The molecule has 0 aliphatic carbocycles. The van der Waals surface area contributed by atoms with Gasteiger partial charge in [0.05, 0.1) is 25.3 Å². The lowest BCUT2D eigenvalue weighted by Crippen LogP contribution is -2.29. The molecule has 0 radical (unpaired) electrons. The molecule has 1 atom stereocenters. The highest BCUT2D eigenvalue weighted by Crippen LogP contribution is 2.40. The van der Waals surface area contributed by atoms with Crippen LogP contribution in [0.3, 0.4) is 0 Å². The Kier molecular flexibility index (Phi) is 8.29. The molecule has 1 aliphatic heterocycles. The summed E-state index contributed by atoms with van der Waals surface area (Å²) in [5.41, 5.74) is 3.16. The molecular formula is C31H33NO5. The summed E-state index contributed by atoms with van der Waals surface area (Å²) >= 11 is 0. The van der Waals surface area contributed by atoms with Crippen LogP contribution in [0.15, 0.2) is 78.4 Å². The first-order valence-electron chi connectivity index (χ1n) is 12.6. The topological polar surface area (TPSA) is 76.1 Å². The fourth-order valence-corrected chi connectivity index (χ4v) is 4.56. The summed E-state index contributed by atoms with van der Waals surface area (Å²) in [6, 6.07) is 21.3. The van der Waals surface area contributed by atoms with E-state index in [0.717, 1.165) is 36.0 Å². The van der Waals surface area contributed by atoms with Gasteiger partial charge in [-0.25, -0.2) is 0 Å². The molecule has 0 saturated carbocycles. The van der Waals surface area contributed by atoms with E-state index in [-0.39, 0.29) is 17.9 Å². The van der Waals surface area contributed by atoms with Crippen molar-refractivity contribution in [3.05, 3.63) is 101 Å². The van der Waals surface area contributed by atoms with Crippen LogP contribution in [0.25, 0.3) is 5.76 Å². The molecule has 6 nitrogen and oxygen atoms in total. The summed E-state index contributed by atoms with van der Waals surface area (Å²) in [6.07, 6.45) is 3.20. The number of carbonyl (C=O) groups is 2. The number of rotatable bonds is 10. The molecule has 3 aromatic rings. The van der Waals surface area contributed by atoms with E-state index in [1.807, 2.05) is 55.5 Å². The highest BCUT2D eigenvalue weighted by atomic mass is 16.5. The predicted octanol–water partition coefficient (Wildman–Crippen LogP) is 6.19. The molecule has 37 heavy (non-hydrogen) atoms. The van der Waals surface area contributed by atoms with Gasteiger partial charge in [0.25, 0.3) is 11.7 Å². The second-order valence-corrected chi connectivity index (χ2v) is 9.27. The summed E-state index contributed by atoms with van der Waals surface area (Å²) in [6.45, 7) is 4.94. The molecule has 1 unspecified atom stereocenters. The van der Waals surface area contributed by atoms with E-state index < -0.39 is 17.7 Å². The number of ketones is 1. The van der Waals surface area contributed by atoms with Crippen LogP contribution in [-0.2, 0) is 16.1 Å². The van der Waals surface area contributed by atoms with E-state index in [1.165, 1.54) is 4.90 Å². The zero-order valence-electron chi connectivity index (χ0n) is 21.6. The van der Waals surface area contributed by atoms with Crippen molar-refractivity contribution >= 4 is 17.4 Å². The number of unbranched alkanes of at least 4 members (excludes halogenated alkanes) is 2. The Morgan fingerprint density at radius 3 is 2.30 bits per heavy atom. The van der Waals surface area contributed by atoms with E-state index in [4.69, 9.17) is 9.47 Å². The standard InChI is InChI=1S/C31H33NO5/c1-4-5-6-18-37-26-16-12-23(13-17-26)29(33)27-28(24-9-7-8-21(2)19-24)32(31(35)30(27)34)20-22-10-14-25(36-3)15-11-22/h7-17,19,28,33H,4-6,18,20H2,1-3H3/b29-27-. The van der Waals surface area contributed by atoms with Crippen molar-refractivity contribution in [2.24, 2.45) is 0 Å². The van der Waals surface area contributed by atoms with E-state index in [1.54, 1.807) is 31.4 Å². The maximum absolute atomic E-state index is 13.3. The first-order chi connectivity index (χ1) is 17.9. The van der Waals surface area contributed by atoms with E-state index in [9.17, 15) is 14.7 Å². The fourth-order valence-electron chi connectivity index (χ4n) is 4.56. The van der Waals surface area contributed by atoms with Gasteiger partial charge in [0.15, 0.2) is 0 Å². The number of nitrogens with zero attached hydrogens (tertiary/aromatic N) is 1. The van der Waals surface area contributed by atoms with Crippen molar-refractivity contribution in [1.82, 2.24) is 4.90 Å². The molecule has 3 aromatic carbocycles. The SMILES string of the molecule is CCCCCOc1ccc(/C(O)=C2/C(=O)C(=O)N(Cc3ccc(OC)cc3)C2c2cccc(C)c2)cc1. The zero-order chi connectivity index (χ0) is 26.4. The first-order valence-corrected chi connectivity index (χ1v) is 12.6. The number of aryl methyl sites for hydroxylation is 1. The number of hydrogen-bond acceptors (Lipinski definition) is 5. The van der Waals surface area contributed by atoms with Crippen molar-refractivity contribution in [1.29, 1.82) is 0 Å². The number of methoxy groups -OCH3 is 1. The van der Waals surface area contributed by atoms with Crippen LogP contribution < -0.4 is 9.47 Å². The van der Waals surface area contributed by atoms with Crippen LogP contribution in [0.2, 0.25) is 0 Å². The molecule has 1 fully saturated rings. The third kappa shape index (κ3) is 5.85. The Morgan fingerprint density at radius 1 is 0.946 bits per heavy atom. The summed E-state index contributed by atoms with van der Waals surface area (Å²) in [5.74, 6) is -0.126. The minimum atomic E-state index is -0.716. The van der Waals surface area contributed by atoms with E-state index in [2.05, 4.69) is 6.92 Å². The normalized spacial score (nSPS) is 16.7. The molecule has 0 bridgehead atoms. The van der Waals surface area contributed by atoms with Gasteiger partial charge in [-0.15, -0.1) is 0 Å². The number of ether oxygens (including phenoxy) is 2. The summed E-state index contributed by atoms with van der Waals surface area (Å²) < 4.78 is 11.0. The number of benzene rings is 3. The lowest BCUT2D eigenvalue weighted by molar-refractivity contribution is -0.140. The molecule has 0 aromatic heterocycles. The monoisotopic (exact) mass is 499 g/mol. The molecule has 192 valence electrons. The highest BCUT2D eigenvalue weighted by Gasteiger charge is 2.46. The molecule has 4 rings (SSSR count). The lowest BCUT2D eigenvalue weighted by atomic mass is 9.94. The maximum atomic E-state index is 13.3. The van der Waals surface area contributed by atoms with Crippen LogP contribution in [0.5, 0.6) is 11.5 Å². The minimum absolute atomic E-state index is 0.0840. The van der Waals surface area contributed by atoms with Crippen molar-refractivity contribution in [2.45, 2.75) is 45.7 Å². The predicted molar refractivity (Wildman–Crippen MR) is 143 cm³/mol. The second kappa shape index (κ2) is 11.8. The van der Waals surface area contributed by atoms with Gasteiger partial charge in [0.2, 0.25) is 0 Å². The Bertz CT molecular complexity index is 1280. The van der Waals surface area contributed by atoms with E-state index in [0.29, 0.717) is 23.7 Å². The number of carbonyl (C=O) groups excluding carboxylic acids is 2. The number of amides is 1. The van der Waals surface area contributed by atoms with E-state index >= 15 is 0 Å². The van der Waals surface area contributed by atoms with Crippen LogP contribution in [-0.4, -0.2) is 35.4 Å². The fraction of sp³-hybridized carbons (Fsp3) is 0.290. The van der Waals surface area contributed by atoms with Crippen molar-refractivity contribution in [2.75, 3.05) is 13.7 Å². The minimum Gasteiger partial charge on any atom is -0.507 e. The third-order valence-corrected chi connectivity index (χ3v) is 6.55. The molecule has 1 N–H and O–H groups in total. The highest BCUT2D eigenvalue weighted by molar-refractivity contribution is 6.46. The summed E-state index contributed by atoms with van der Waals surface area (Å²) in [7, 11) is 1.59.